The zero-order valence-corrected chi connectivity index (χ0v) is 15.7. The Labute approximate surface area is 156 Å². The number of carboxylic acids is 1. The van der Waals surface area contributed by atoms with Crippen LogP contribution in [0, 0.1) is 5.92 Å². The first kappa shape index (κ1) is 22.8. The molecule has 1 rings (SSSR count). The average Bonchev–Trinajstić information content (AvgIpc) is 2.57. The molecular formula is C20H34O6. The van der Waals surface area contributed by atoms with E-state index < -0.39 is 30.6 Å². The second-order valence-electron chi connectivity index (χ2n) is 6.96. The van der Waals surface area contributed by atoms with Crippen molar-refractivity contribution in [1.82, 2.24) is 0 Å². The quantitative estimate of drug-likeness (QED) is 0.311. The Morgan fingerprint density at radius 3 is 2.69 bits per heavy atom. The largest absolute Gasteiger partial charge is 0.481 e. The highest BCUT2D eigenvalue weighted by Crippen LogP contribution is 2.29. The lowest BCUT2D eigenvalue weighted by Gasteiger charge is -2.36. The van der Waals surface area contributed by atoms with E-state index >= 15 is 0 Å². The number of ether oxygens (including phenoxy) is 1. The van der Waals surface area contributed by atoms with Gasteiger partial charge in [-0.15, -0.1) is 0 Å². The van der Waals surface area contributed by atoms with E-state index in [-0.39, 0.29) is 18.8 Å². The lowest BCUT2D eigenvalue weighted by Crippen LogP contribution is -2.43. The molecule has 0 aromatic rings. The van der Waals surface area contributed by atoms with Crippen molar-refractivity contribution in [1.29, 1.82) is 0 Å². The SMILES string of the molecule is CCCCC[C@H](O)/C=C/[C@H]1O[C@H](O)C[C@H](O)[C@@H]1C/C=C/CCCC(=O)O. The molecule has 6 nitrogen and oxygen atoms in total. The van der Waals surface area contributed by atoms with E-state index in [4.69, 9.17) is 9.84 Å². The molecule has 0 bridgehead atoms. The number of unbranched alkanes of at least 4 members (excludes halogenated alkanes) is 3. The van der Waals surface area contributed by atoms with Crippen molar-refractivity contribution >= 4 is 5.97 Å². The van der Waals surface area contributed by atoms with Crippen LogP contribution in [0.3, 0.4) is 0 Å². The van der Waals surface area contributed by atoms with Gasteiger partial charge in [0, 0.05) is 18.8 Å². The number of aliphatic hydroxyl groups excluding tert-OH is 3. The molecule has 1 heterocycles. The maximum atomic E-state index is 10.5. The highest BCUT2D eigenvalue weighted by Gasteiger charge is 2.35. The zero-order valence-electron chi connectivity index (χ0n) is 15.7. The number of hydrogen-bond donors (Lipinski definition) is 4. The van der Waals surface area contributed by atoms with Gasteiger partial charge in [-0.05, 0) is 25.7 Å². The lowest BCUT2D eigenvalue weighted by atomic mass is 9.87. The third-order valence-electron chi connectivity index (χ3n) is 4.64. The predicted molar refractivity (Wildman–Crippen MR) is 99.5 cm³/mol. The Balaban J connectivity index is 2.52. The molecular weight excluding hydrogens is 336 g/mol. The Morgan fingerprint density at radius 2 is 2.00 bits per heavy atom. The van der Waals surface area contributed by atoms with E-state index in [0.29, 0.717) is 25.7 Å². The van der Waals surface area contributed by atoms with Crippen molar-refractivity contribution in [2.24, 2.45) is 5.92 Å². The van der Waals surface area contributed by atoms with Gasteiger partial charge in [0.25, 0.3) is 0 Å². The second-order valence-corrected chi connectivity index (χ2v) is 6.96. The Bertz CT molecular complexity index is 448. The highest BCUT2D eigenvalue weighted by molar-refractivity contribution is 5.66. The summed E-state index contributed by atoms with van der Waals surface area (Å²) in [5.41, 5.74) is 0. The van der Waals surface area contributed by atoms with Gasteiger partial charge in [0.1, 0.15) is 0 Å². The minimum Gasteiger partial charge on any atom is -0.481 e. The van der Waals surface area contributed by atoms with Crippen molar-refractivity contribution in [2.75, 3.05) is 0 Å². The van der Waals surface area contributed by atoms with Crippen LogP contribution in [0.25, 0.3) is 0 Å². The first-order valence-corrected chi connectivity index (χ1v) is 9.68. The summed E-state index contributed by atoms with van der Waals surface area (Å²) in [4.78, 5) is 10.5. The Hall–Kier alpha value is -1.21. The summed E-state index contributed by atoms with van der Waals surface area (Å²) in [5.74, 6) is -1.00. The number of carboxylic acid groups (broad SMARTS) is 1. The second kappa shape index (κ2) is 13.0. The third-order valence-corrected chi connectivity index (χ3v) is 4.64. The fourth-order valence-electron chi connectivity index (χ4n) is 3.10. The van der Waals surface area contributed by atoms with Crippen LogP contribution in [0.1, 0.15) is 64.7 Å². The highest BCUT2D eigenvalue weighted by atomic mass is 16.6. The monoisotopic (exact) mass is 370 g/mol. The number of allylic oxidation sites excluding steroid dienone is 2. The maximum absolute atomic E-state index is 10.5. The molecule has 0 spiro atoms. The van der Waals surface area contributed by atoms with E-state index in [2.05, 4.69) is 6.92 Å². The number of carbonyl (C=O) groups is 1. The van der Waals surface area contributed by atoms with Crippen molar-refractivity contribution in [3.8, 4) is 0 Å². The van der Waals surface area contributed by atoms with Crippen LogP contribution in [0.15, 0.2) is 24.3 Å². The summed E-state index contributed by atoms with van der Waals surface area (Å²) in [6.07, 6.45) is 10.5. The van der Waals surface area contributed by atoms with Crippen molar-refractivity contribution in [3.05, 3.63) is 24.3 Å². The van der Waals surface area contributed by atoms with Gasteiger partial charge in [-0.2, -0.15) is 0 Å². The molecule has 0 saturated carbocycles. The molecule has 4 N–H and O–H groups in total. The summed E-state index contributed by atoms with van der Waals surface area (Å²) in [5, 5.41) is 38.7. The fourth-order valence-corrected chi connectivity index (χ4v) is 3.10. The molecule has 0 aliphatic carbocycles. The minimum atomic E-state index is -1.01. The molecule has 0 radical (unpaired) electrons. The number of rotatable bonds is 12. The first-order chi connectivity index (χ1) is 12.4. The summed E-state index contributed by atoms with van der Waals surface area (Å²) in [6.45, 7) is 2.11. The van der Waals surface area contributed by atoms with Gasteiger partial charge in [-0.25, -0.2) is 0 Å². The summed E-state index contributed by atoms with van der Waals surface area (Å²) < 4.78 is 5.54. The van der Waals surface area contributed by atoms with Gasteiger partial charge in [0.05, 0.1) is 18.3 Å². The van der Waals surface area contributed by atoms with Crippen LogP contribution in [-0.4, -0.2) is 51.0 Å². The van der Waals surface area contributed by atoms with Crippen LogP contribution in [-0.2, 0) is 9.53 Å². The topological polar surface area (TPSA) is 107 Å². The third kappa shape index (κ3) is 9.48. The summed E-state index contributed by atoms with van der Waals surface area (Å²) >= 11 is 0. The minimum absolute atomic E-state index is 0.146. The van der Waals surface area contributed by atoms with Crippen molar-refractivity contribution < 1.29 is 30.0 Å². The lowest BCUT2D eigenvalue weighted by molar-refractivity contribution is -0.199. The van der Waals surface area contributed by atoms with Crippen LogP contribution in [0.4, 0.5) is 0 Å². The molecule has 1 saturated heterocycles. The molecule has 1 aliphatic heterocycles. The fraction of sp³-hybridized carbons (Fsp3) is 0.750. The van der Waals surface area contributed by atoms with E-state index in [9.17, 15) is 20.1 Å². The summed E-state index contributed by atoms with van der Waals surface area (Å²) in [7, 11) is 0. The molecule has 0 aromatic carbocycles. The molecule has 0 aromatic heterocycles. The van der Waals surface area contributed by atoms with E-state index in [0.717, 1.165) is 19.3 Å². The molecule has 5 atom stereocenters. The predicted octanol–water partition coefficient (Wildman–Crippen LogP) is 2.77. The maximum Gasteiger partial charge on any atom is 0.303 e. The van der Waals surface area contributed by atoms with E-state index in [1.165, 1.54) is 0 Å². The molecule has 1 aliphatic rings. The van der Waals surface area contributed by atoms with Gasteiger partial charge in [0.2, 0.25) is 0 Å². The van der Waals surface area contributed by atoms with E-state index in [1.54, 1.807) is 12.2 Å². The van der Waals surface area contributed by atoms with Gasteiger partial charge in [-0.3, -0.25) is 4.79 Å². The van der Waals surface area contributed by atoms with Crippen LogP contribution in [0.2, 0.25) is 0 Å². The summed E-state index contributed by atoms with van der Waals surface area (Å²) in [6, 6.07) is 0. The zero-order chi connectivity index (χ0) is 19.4. The van der Waals surface area contributed by atoms with Crippen LogP contribution >= 0.6 is 0 Å². The molecule has 6 heteroatoms. The first-order valence-electron chi connectivity index (χ1n) is 9.68. The normalized spacial score (nSPS) is 28.0. The van der Waals surface area contributed by atoms with Crippen LogP contribution in [0.5, 0.6) is 0 Å². The van der Waals surface area contributed by atoms with Gasteiger partial charge < -0.3 is 25.2 Å². The van der Waals surface area contributed by atoms with Gasteiger partial charge >= 0.3 is 5.97 Å². The van der Waals surface area contributed by atoms with Gasteiger partial charge in [0.15, 0.2) is 6.29 Å². The van der Waals surface area contributed by atoms with Crippen molar-refractivity contribution in [2.45, 2.75) is 89.3 Å². The standard InChI is InChI=1S/C20H34O6/c1-2-3-6-9-15(21)12-13-18-16(17(22)14-20(25)26-18)10-7-4-5-8-11-19(23)24/h4,7,12-13,15-18,20-22,25H,2-3,5-6,8-11,14H2,1H3,(H,23,24)/b7-4+,13-12+/t15-,16-,17-,18+,20-/m0/s1. The van der Waals surface area contributed by atoms with Crippen LogP contribution < -0.4 is 0 Å². The molecule has 150 valence electrons. The van der Waals surface area contributed by atoms with E-state index in [1.807, 2.05) is 12.2 Å². The average molecular weight is 370 g/mol. The molecule has 0 unspecified atom stereocenters. The molecule has 26 heavy (non-hydrogen) atoms. The molecule has 1 fully saturated rings. The smallest absolute Gasteiger partial charge is 0.303 e. The molecule has 0 amide bonds. The number of aliphatic hydroxyl groups is 3. The Morgan fingerprint density at radius 1 is 1.23 bits per heavy atom. The van der Waals surface area contributed by atoms with Gasteiger partial charge in [-0.1, -0.05) is 50.5 Å². The Kier molecular flexibility index (Phi) is 11.4. The number of hydrogen-bond acceptors (Lipinski definition) is 5. The number of aliphatic carboxylic acids is 1. The van der Waals surface area contributed by atoms with Crippen molar-refractivity contribution in [3.63, 3.8) is 0 Å².